The number of aromatic nitrogens is 2. The monoisotopic (exact) mass is 393 g/mol. The van der Waals surface area contributed by atoms with Gasteiger partial charge in [-0.1, -0.05) is 0 Å². The summed E-state index contributed by atoms with van der Waals surface area (Å²) in [6.07, 6.45) is 1.38. The van der Waals surface area contributed by atoms with Crippen molar-refractivity contribution in [1.29, 1.82) is 0 Å². The number of amides is 1. The van der Waals surface area contributed by atoms with Gasteiger partial charge in [-0.2, -0.15) is 9.40 Å². The number of aromatic amines is 1. The fourth-order valence-corrected chi connectivity index (χ4v) is 4.78. The Morgan fingerprint density at radius 2 is 2.12 bits per heavy atom. The number of piperidine rings is 1. The van der Waals surface area contributed by atoms with E-state index in [9.17, 15) is 13.2 Å². The zero-order chi connectivity index (χ0) is 17.9. The molecular formula is C15H28ClN5O3S. The third-order valence-electron chi connectivity index (χ3n) is 4.49. The molecule has 1 aliphatic heterocycles. The van der Waals surface area contributed by atoms with Gasteiger partial charge in [0.05, 0.1) is 17.3 Å². The molecule has 1 aromatic heterocycles. The Bertz CT molecular complexity index is 672. The topological polar surface area (TPSA) is 107 Å². The quantitative estimate of drug-likeness (QED) is 0.655. The standard InChI is InChI=1S/C15H27N5O3S.ClH/c1-10(16-4)8-17-15(21)13-6-5-7-20(9-13)24(22,23)14-11(2)18-19-12(14)3;/h10,13,16H,5-9H2,1-4H3,(H,17,21)(H,18,19);1H. The minimum absolute atomic E-state index is 0. The van der Waals surface area contributed by atoms with Crippen molar-refractivity contribution in [1.82, 2.24) is 25.1 Å². The number of hydrogen-bond donors (Lipinski definition) is 3. The summed E-state index contributed by atoms with van der Waals surface area (Å²) in [6.45, 7) is 6.51. The zero-order valence-electron chi connectivity index (χ0n) is 15.1. The third kappa shape index (κ3) is 4.93. The number of hydrogen-bond acceptors (Lipinski definition) is 5. The Hall–Kier alpha value is -1.16. The SMILES string of the molecule is CNC(C)CNC(=O)C1CCCN(S(=O)(=O)c2c(C)n[nH]c2C)C1.Cl. The van der Waals surface area contributed by atoms with Crippen molar-refractivity contribution in [2.75, 3.05) is 26.7 Å². The van der Waals surface area contributed by atoms with E-state index >= 15 is 0 Å². The van der Waals surface area contributed by atoms with E-state index in [1.807, 2.05) is 14.0 Å². The van der Waals surface area contributed by atoms with Gasteiger partial charge < -0.3 is 10.6 Å². The van der Waals surface area contributed by atoms with Gasteiger partial charge in [0.15, 0.2) is 0 Å². The van der Waals surface area contributed by atoms with E-state index in [1.54, 1.807) is 13.8 Å². The number of aryl methyl sites for hydroxylation is 2. The minimum Gasteiger partial charge on any atom is -0.354 e. The van der Waals surface area contributed by atoms with Gasteiger partial charge >= 0.3 is 0 Å². The van der Waals surface area contributed by atoms with Crippen LogP contribution in [0.1, 0.15) is 31.2 Å². The van der Waals surface area contributed by atoms with Crippen LogP contribution in [0.3, 0.4) is 0 Å². The van der Waals surface area contributed by atoms with E-state index in [-0.39, 0.29) is 41.7 Å². The molecule has 10 heteroatoms. The molecule has 0 saturated carbocycles. The lowest BCUT2D eigenvalue weighted by atomic mass is 9.99. The van der Waals surface area contributed by atoms with Gasteiger partial charge in [0.2, 0.25) is 15.9 Å². The van der Waals surface area contributed by atoms with Crippen LogP contribution in [0.4, 0.5) is 0 Å². The third-order valence-corrected chi connectivity index (χ3v) is 6.62. The van der Waals surface area contributed by atoms with E-state index in [1.165, 1.54) is 4.31 Å². The van der Waals surface area contributed by atoms with Crippen LogP contribution in [0.5, 0.6) is 0 Å². The maximum atomic E-state index is 12.9. The Balaban J connectivity index is 0.00000312. The summed E-state index contributed by atoms with van der Waals surface area (Å²) in [5.41, 5.74) is 0.990. The summed E-state index contributed by atoms with van der Waals surface area (Å²) in [5.74, 6) is -0.400. The summed E-state index contributed by atoms with van der Waals surface area (Å²) in [6, 6.07) is 0.175. The highest BCUT2D eigenvalue weighted by Crippen LogP contribution is 2.26. The van der Waals surface area contributed by atoms with Crippen LogP contribution in [0.25, 0.3) is 0 Å². The van der Waals surface area contributed by atoms with Crippen LogP contribution in [-0.2, 0) is 14.8 Å². The van der Waals surface area contributed by atoms with Crippen LogP contribution in [-0.4, -0.2) is 61.6 Å². The first-order chi connectivity index (χ1) is 11.3. The van der Waals surface area contributed by atoms with E-state index in [0.29, 0.717) is 37.3 Å². The molecule has 0 bridgehead atoms. The van der Waals surface area contributed by atoms with Gasteiger partial charge in [-0.05, 0) is 40.7 Å². The van der Waals surface area contributed by atoms with E-state index in [2.05, 4.69) is 20.8 Å². The van der Waals surface area contributed by atoms with Gasteiger partial charge in [-0.25, -0.2) is 8.42 Å². The van der Waals surface area contributed by atoms with Crippen LogP contribution in [0.2, 0.25) is 0 Å². The van der Waals surface area contributed by atoms with Crippen molar-refractivity contribution in [3.8, 4) is 0 Å². The van der Waals surface area contributed by atoms with Gasteiger partial charge in [-0.3, -0.25) is 9.89 Å². The van der Waals surface area contributed by atoms with Crippen molar-refractivity contribution in [3.05, 3.63) is 11.4 Å². The number of carbonyl (C=O) groups is 1. The summed E-state index contributed by atoms with van der Waals surface area (Å²) >= 11 is 0. The fraction of sp³-hybridized carbons (Fsp3) is 0.733. The summed E-state index contributed by atoms with van der Waals surface area (Å²) in [4.78, 5) is 12.6. The van der Waals surface area contributed by atoms with Gasteiger partial charge in [0.25, 0.3) is 0 Å². The highest BCUT2D eigenvalue weighted by atomic mass is 35.5. The molecule has 8 nitrogen and oxygen atoms in total. The smallest absolute Gasteiger partial charge is 0.246 e. The molecule has 0 radical (unpaired) electrons. The summed E-state index contributed by atoms with van der Waals surface area (Å²) in [5, 5.41) is 12.6. The molecule has 2 atom stereocenters. The molecule has 0 aromatic carbocycles. The lowest BCUT2D eigenvalue weighted by Crippen LogP contribution is -2.47. The maximum absolute atomic E-state index is 12.9. The normalized spacial score (nSPS) is 19.9. The van der Waals surface area contributed by atoms with Gasteiger partial charge in [0, 0.05) is 25.7 Å². The molecule has 25 heavy (non-hydrogen) atoms. The molecule has 144 valence electrons. The second-order valence-corrected chi connectivity index (χ2v) is 8.27. The first-order valence-electron chi connectivity index (χ1n) is 8.24. The Labute approximate surface area is 155 Å². The number of halogens is 1. The number of H-pyrrole nitrogens is 1. The van der Waals surface area contributed by atoms with Crippen molar-refractivity contribution < 1.29 is 13.2 Å². The second-order valence-electron chi connectivity index (χ2n) is 6.40. The number of rotatable bonds is 6. The highest BCUT2D eigenvalue weighted by Gasteiger charge is 2.35. The maximum Gasteiger partial charge on any atom is 0.246 e. The molecule has 1 aromatic rings. The van der Waals surface area contributed by atoms with Crippen LogP contribution in [0, 0.1) is 19.8 Å². The predicted octanol–water partition coefficient (Wildman–Crippen LogP) is 0.573. The average molecular weight is 394 g/mol. The predicted molar refractivity (Wildman–Crippen MR) is 98.3 cm³/mol. The van der Waals surface area contributed by atoms with Crippen molar-refractivity contribution in [2.24, 2.45) is 5.92 Å². The zero-order valence-corrected chi connectivity index (χ0v) is 16.8. The second kappa shape index (κ2) is 8.98. The first kappa shape index (κ1) is 21.9. The van der Waals surface area contributed by atoms with Crippen LogP contribution < -0.4 is 10.6 Å². The number of nitrogens with one attached hydrogen (secondary N) is 3. The molecule has 3 N–H and O–H groups in total. The summed E-state index contributed by atoms with van der Waals surface area (Å²) < 4.78 is 27.2. The van der Waals surface area contributed by atoms with Crippen LogP contribution in [0.15, 0.2) is 4.90 Å². The van der Waals surface area contributed by atoms with E-state index in [0.717, 1.165) is 0 Å². The van der Waals surface area contributed by atoms with Gasteiger partial charge in [0.1, 0.15) is 4.90 Å². The molecule has 0 spiro atoms. The van der Waals surface area contributed by atoms with Crippen LogP contribution >= 0.6 is 12.4 Å². The highest BCUT2D eigenvalue weighted by molar-refractivity contribution is 7.89. The van der Waals surface area contributed by atoms with Gasteiger partial charge in [-0.15, -0.1) is 12.4 Å². The van der Waals surface area contributed by atoms with E-state index < -0.39 is 10.0 Å². The molecule has 1 fully saturated rings. The largest absolute Gasteiger partial charge is 0.354 e. The minimum atomic E-state index is -3.64. The Morgan fingerprint density at radius 1 is 1.44 bits per heavy atom. The molecule has 1 saturated heterocycles. The number of nitrogens with zero attached hydrogens (tertiary/aromatic N) is 2. The number of likely N-dealkylation sites (N-methyl/N-ethyl adjacent to an activating group) is 1. The van der Waals surface area contributed by atoms with Crippen molar-refractivity contribution in [3.63, 3.8) is 0 Å². The van der Waals surface area contributed by atoms with E-state index in [4.69, 9.17) is 0 Å². The number of carbonyl (C=O) groups excluding carboxylic acids is 1. The molecular weight excluding hydrogens is 366 g/mol. The fourth-order valence-electron chi connectivity index (χ4n) is 2.92. The van der Waals surface area contributed by atoms with Crippen molar-refractivity contribution >= 4 is 28.3 Å². The Morgan fingerprint density at radius 3 is 2.68 bits per heavy atom. The average Bonchev–Trinajstić information content (AvgIpc) is 2.91. The lowest BCUT2D eigenvalue weighted by molar-refractivity contribution is -0.126. The molecule has 1 aliphatic rings. The molecule has 0 aliphatic carbocycles. The first-order valence-corrected chi connectivity index (χ1v) is 9.68. The molecule has 2 heterocycles. The molecule has 1 amide bonds. The lowest BCUT2D eigenvalue weighted by Gasteiger charge is -2.31. The number of sulfonamides is 1. The van der Waals surface area contributed by atoms with Crippen molar-refractivity contribution in [2.45, 2.75) is 44.6 Å². The Kier molecular flexibility index (Phi) is 7.86. The molecule has 2 rings (SSSR count). The molecule has 2 unspecified atom stereocenters. The summed E-state index contributed by atoms with van der Waals surface area (Å²) in [7, 11) is -1.80.